The number of thioether (sulfide) groups is 1. The molecule has 2 aromatic heterocycles. The van der Waals surface area contributed by atoms with E-state index < -0.39 is 11.0 Å². The molecule has 8 nitrogen and oxygen atoms in total. The molecule has 40 heavy (non-hydrogen) atoms. The van der Waals surface area contributed by atoms with Crippen LogP contribution in [0.4, 0.5) is 10.1 Å². The molecule has 11 heteroatoms. The van der Waals surface area contributed by atoms with Crippen molar-refractivity contribution in [3.63, 3.8) is 0 Å². The number of nitrogens with zero attached hydrogens (tertiary/aromatic N) is 4. The largest absolute Gasteiger partial charge is 0.345 e. The van der Waals surface area contributed by atoms with Gasteiger partial charge in [0.2, 0.25) is 5.91 Å². The first kappa shape index (κ1) is 27.2. The van der Waals surface area contributed by atoms with Gasteiger partial charge in [-0.25, -0.2) is 4.39 Å². The number of thiophene rings is 1. The maximum absolute atomic E-state index is 13.4. The standard InChI is InChI=1S/C29H24FN5O3S2/c30-22-10-8-21(9-11-22)19-40-29-33-32-28(34(29)23-12-14-24(15-13-23)35(37)38)26(17-20-5-2-1-3-6-20)31-27(36)18-25-7-4-16-39-25/h1-16,26H,17-19H2,(H,31,36). The topological polar surface area (TPSA) is 103 Å². The molecular weight excluding hydrogens is 549 g/mol. The van der Waals surface area contributed by atoms with Crippen LogP contribution in [0.3, 0.4) is 0 Å². The molecule has 5 aromatic rings. The number of carbonyl (C=O) groups excluding carboxylic acids is 1. The van der Waals surface area contributed by atoms with Crippen LogP contribution < -0.4 is 5.32 Å². The average Bonchev–Trinajstić information content (AvgIpc) is 3.63. The SMILES string of the molecule is O=C(Cc1cccs1)NC(Cc1ccccc1)c1nnc(SCc2ccc(F)cc2)n1-c1ccc([N+](=O)[O-])cc1. The summed E-state index contributed by atoms with van der Waals surface area (Å²) in [5.41, 5.74) is 2.49. The Balaban J connectivity index is 1.51. The summed E-state index contributed by atoms with van der Waals surface area (Å²) in [5.74, 6) is 0.535. The smallest absolute Gasteiger partial charge is 0.269 e. The third-order valence-corrected chi connectivity index (χ3v) is 7.98. The summed E-state index contributed by atoms with van der Waals surface area (Å²) < 4.78 is 15.2. The lowest BCUT2D eigenvalue weighted by Gasteiger charge is -2.20. The predicted molar refractivity (Wildman–Crippen MR) is 153 cm³/mol. The molecule has 202 valence electrons. The lowest BCUT2D eigenvalue weighted by Crippen LogP contribution is -2.33. The Morgan fingerprint density at radius 1 is 0.975 bits per heavy atom. The van der Waals surface area contributed by atoms with E-state index in [1.54, 1.807) is 24.3 Å². The second-order valence-electron chi connectivity index (χ2n) is 8.93. The number of hydrogen-bond acceptors (Lipinski definition) is 7. The molecule has 0 spiro atoms. The Bertz CT molecular complexity index is 1570. The molecule has 5 rings (SSSR count). The molecule has 3 aromatic carbocycles. The van der Waals surface area contributed by atoms with Crippen LogP contribution >= 0.6 is 23.1 Å². The molecule has 0 bridgehead atoms. The van der Waals surface area contributed by atoms with E-state index in [2.05, 4.69) is 15.5 Å². The number of amides is 1. The van der Waals surface area contributed by atoms with Gasteiger partial charge >= 0.3 is 0 Å². The fourth-order valence-electron chi connectivity index (χ4n) is 4.17. The van der Waals surface area contributed by atoms with Gasteiger partial charge in [-0.1, -0.05) is 60.3 Å². The zero-order valence-corrected chi connectivity index (χ0v) is 22.8. The Morgan fingerprint density at radius 3 is 2.40 bits per heavy atom. The molecule has 0 saturated carbocycles. The number of aromatic nitrogens is 3. The monoisotopic (exact) mass is 573 g/mol. The average molecular weight is 574 g/mol. The molecule has 2 heterocycles. The van der Waals surface area contributed by atoms with Gasteiger partial charge in [-0.3, -0.25) is 19.5 Å². The summed E-state index contributed by atoms with van der Waals surface area (Å²) in [6.45, 7) is 0. The first-order valence-corrected chi connectivity index (χ1v) is 14.3. The van der Waals surface area contributed by atoms with Crippen LogP contribution in [0.1, 0.15) is 27.9 Å². The summed E-state index contributed by atoms with van der Waals surface area (Å²) >= 11 is 2.92. The van der Waals surface area contributed by atoms with Crippen LogP contribution in [0.2, 0.25) is 0 Å². The van der Waals surface area contributed by atoms with E-state index in [9.17, 15) is 19.3 Å². The van der Waals surface area contributed by atoms with Crippen molar-refractivity contribution < 1.29 is 14.1 Å². The van der Waals surface area contributed by atoms with E-state index in [-0.39, 0.29) is 23.8 Å². The molecule has 0 aliphatic carbocycles. The van der Waals surface area contributed by atoms with Crippen molar-refractivity contribution in [3.05, 3.63) is 134 Å². The number of nitro benzene ring substituents is 1. The minimum atomic E-state index is -0.530. The fraction of sp³-hybridized carbons (Fsp3) is 0.138. The Hall–Kier alpha value is -4.35. The van der Waals surface area contributed by atoms with Crippen molar-refractivity contribution in [2.24, 2.45) is 0 Å². The third-order valence-electron chi connectivity index (χ3n) is 6.10. The second-order valence-corrected chi connectivity index (χ2v) is 10.9. The molecule has 0 saturated heterocycles. The van der Waals surface area contributed by atoms with Crippen molar-refractivity contribution in [2.45, 2.75) is 29.8 Å². The van der Waals surface area contributed by atoms with E-state index in [0.717, 1.165) is 16.0 Å². The van der Waals surface area contributed by atoms with Crippen LogP contribution in [-0.2, 0) is 23.4 Å². The van der Waals surface area contributed by atoms with E-state index in [0.29, 0.717) is 28.8 Å². The molecule has 0 radical (unpaired) electrons. The fourth-order valence-corrected chi connectivity index (χ4v) is 5.79. The van der Waals surface area contributed by atoms with Crippen LogP contribution in [0, 0.1) is 15.9 Å². The lowest BCUT2D eigenvalue weighted by atomic mass is 10.0. The van der Waals surface area contributed by atoms with Gasteiger partial charge < -0.3 is 5.32 Å². The van der Waals surface area contributed by atoms with Crippen LogP contribution in [0.15, 0.2) is 102 Å². The summed E-state index contributed by atoms with van der Waals surface area (Å²) in [4.78, 5) is 24.9. The summed E-state index contributed by atoms with van der Waals surface area (Å²) in [6.07, 6.45) is 0.700. The predicted octanol–water partition coefficient (Wildman–Crippen LogP) is 6.31. The second kappa shape index (κ2) is 12.7. The first-order valence-electron chi connectivity index (χ1n) is 12.4. The highest BCUT2D eigenvalue weighted by Crippen LogP contribution is 2.30. The number of non-ortho nitro benzene ring substituents is 1. The summed E-state index contributed by atoms with van der Waals surface area (Å²) in [5, 5.41) is 25.8. The maximum Gasteiger partial charge on any atom is 0.269 e. The van der Waals surface area contributed by atoms with E-state index in [1.807, 2.05) is 52.4 Å². The number of nitro groups is 1. The van der Waals surface area contributed by atoms with Gasteiger partial charge in [0.1, 0.15) is 5.82 Å². The zero-order chi connectivity index (χ0) is 27.9. The molecule has 0 aliphatic rings. The van der Waals surface area contributed by atoms with E-state index >= 15 is 0 Å². The lowest BCUT2D eigenvalue weighted by molar-refractivity contribution is -0.384. The Labute approximate surface area is 238 Å². The summed E-state index contributed by atoms with van der Waals surface area (Å²) in [6, 6.07) is 25.4. The quantitative estimate of drug-likeness (QED) is 0.113. The van der Waals surface area contributed by atoms with Crippen molar-refractivity contribution in [1.82, 2.24) is 20.1 Å². The Morgan fingerprint density at radius 2 is 1.73 bits per heavy atom. The van der Waals surface area contributed by atoms with Crippen molar-refractivity contribution in [3.8, 4) is 5.69 Å². The van der Waals surface area contributed by atoms with Crippen molar-refractivity contribution in [2.75, 3.05) is 0 Å². The number of rotatable bonds is 11. The number of benzene rings is 3. The van der Waals surface area contributed by atoms with Gasteiger partial charge in [0.25, 0.3) is 5.69 Å². The van der Waals surface area contributed by atoms with Gasteiger partial charge in [0.15, 0.2) is 11.0 Å². The summed E-state index contributed by atoms with van der Waals surface area (Å²) in [7, 11) is 0. The minimum Gasteiger partial charge on any atom is -0.345 e. The van der Waals surface area contributed by atoms with Gasteiger partial charge in [0, 0.05) is 28.5 Å². The van der Waals surface area contributed by atoms with E-state index in [4.69, 9.17) is 0 Å². The number of carbonyl (C=O) groups is 1. The molecule has 1 atom stereocenters. The number of nitrogens with one attached hydrogen (secondary N) is 1. The zero-order valence-electron chi connectivity index (χ0n) is 21.1. The van der Waals surface area contributed by atoms with Crippen LogP contribution in [-0.4, -0.2) is 25.6 Å². The normalized spacial score (nSPS) is 11.7. The molecule has 1 amide bonds. The molecule has 0 aliphatic heterocycles. The highest BCUT2D eigenvalue weighted by atomic mass is 32.2. The molecule has 1 unspecified atom stereocenters. The Kier molecular flexibility index (Phi) is 8.62. The molecular formula is C29H24FN5O3S2. The highest BCUT2D eigenvalue weighted by Gasteiger charge is 2.25. The van der Waals surface area contributed by atoms with Crippen molar-refractivity contribution in [1.29, 1.82) is 0 Å². The highest BCUT2D eigenvalue weighted by molar-refractivity contribution is 7.98. The maximum atomic E-state index is 13.4. The number of halogens is 1. The van der Waals surface area contributed by atoms with Gasteiger partial charge in [0.05, 0.1) is 17.4 Å². The van der Waals surface area contributed by atoms with Crippen LogP contribution in [0.5, 0.6) is 0 Å². The van der Waals surface area contributed by atoms with Crippen LogP contribution in [0.25, 0.3) is 5.69 Å². The molecule has 1 N–H and O–H groups in total. The minimum absolute atomic E-state index is 0.0380. The van der Waals surface area contributed by atoms with Gasteiger partial charge in [-0.05, 0) is 53.3 Å². The van der Waals surface area contributed by atoms with Gasteiger partial charge in [-0.2, -0.15) is 0 Å². The number of hydrogen-bond donors (Lipinski definition) is 1. The van der Waals surface area contributed by atoms with E-state index in [1.165, 1.54) is 47.4 Å². The molecule has 0 fully saturated rings. The first-order chi connectivity index (χ1) is 19.5. The van der Waals surface area contributed by atoms with Gasteiger partial charge in [-0.15, -0.1) is 21.5 Å². The third kappa shape index (κ3) is 6.80. The van der Waals surface area contributed by atoms with Crippen molar-refractivity contribution >= 4 is 34.7 Å².